The minimum absolute atomic E-state index is 0.0666. The Balaban J connectivity index is 2.36. The number of phenols is 1. The minimum Gasteiger partial charge on any atom is -0.508 e. The number of benzene rings is 2. The number of amides is 1. The molecular weight excluding hydrogens is 262 g/mol. The van der Waals surface area contributed by atoms with Gasteiger partial charge >= 0.3 is 0 Å². The van der Waals surface area contributed by atoms with Gasteiger partial charge in [-0.3, -0.25) is 4.79 Å². The van der Waals surface area contributed by atoms with Crippen LogP contribution in [0.4, 0.5) is 5.69 Å². The lowest BCUT2D eigenvalue weighted by Crippen LogP contribution is -2.32. The normalized spacial score (nSPS) is 10.4. The molecule has 21 heavy (non-hydrogen) atoms. The van der Waals surface area contributed by atoms with E-state index in [9.17, 15) is 9.90 Å². The molecule has 0 aromatic heterocycles. The first-order chi connectivity index (χ1) is 10.1. The van der Waals surface area contributed by atoms with Gasteiger partial charge in [0.15, 0.2) is 0 Å². The third-order valence-corrected chi connectivity index (χ3v) is 3.58. The van der Waals surface area contributed by atoms with Crippen LogP contribution in [0.15, 0.2) is 48.5 Å². The van der Waals surface area contributed by atoms with Crippen molar-refractivity contribution < 1.29 is 9.90 Å². The molecular formula is C18H21NO2. The van der Waals surface area contributed by atoms with Crippen molar-refractivity contribution in [1.82, 2.24) is 0 Å². The molecule has 110 valence electrons. The van der Waals surface area contributed by atoms with Crippen LogP contribution in [0.2, 0.25) is 0 Å². The number of hydrogen-bond acceptors (Lipinski definition) is 2. The van der Waals surface area contributed by atoms with Crippen LogP contribution < -0.4 is 4.90 Å². The standard InChI is InChI=1S/C18H21NO2/c1-3-4-13-19(15-9-6-5-7-10-15)18(21)16-11-8-12-17(20)14(16)2/h5-12,20H,3-4,13H2,1-2H3. The van der Waals surface area contributed by atoms with Crippen molar-refractivity contribution in [1.29, 1.82) is 0 Å². The zero-order valence-electron chi connectivity index (χ0n) is 12.5. The summed E-state index contributed by atoms with van der Waals surface area (Å²) in [6.45, 7) is 4.55. The Morgan fingerprint density at radius 3 is 2.48 bits per heavy atom. The van der Waals surface area contributed by atoms with Gasteiger partial charge in [-0.1, -0.05) is 37.6 Å². The van der Waals surface area contributed by atoms with Crippen LogP contribution in [0.25, 0.3) is 0 Å². The van der Waals surface area contributed by atoms with Crippen LogP contribution in [0.3, 0.4) is 0 Å². The first-order valence-electron chi connectivity index (χ1n) is 7.30. The van der Waals surface area contributed by atoms with Crippen LogP contribution >= 0.6 is 0 Å². The van der Waals surface area contributed by atoms with E-state index in [0.29, 0.717) is 17.7 Å². The molecule has 1 amide bonds. The summed E-state index contributed by atoms with van der Waals surface area (Å²) >= 11 is 0. The van der Waals surface area contributed by atoms with Crippen LogP contribution in [-0.4, -0.2) is 17.6 Å². The number of nitrogens with zero attached hydrogens (tertiary/aromatic N) is 1. The summed E-state index contributed by atoms with van der Waals surface area (Å²) in [4.78, 5) is 14.6. The number of para-hydroxylation sites is 1. The third-order valence-electron chi connectivity index (χ3n) is 3.58. The number of rotatable bonds is 5. The summed E-state index contributed by atoms with van der Waals surface area (Å²) < 4.78 is 0. The van der Waals surface area contributed by atoms with E-state index in [0.717, 1.165) is 18.5 Å². The maximum absolute atomic E-state index is 12.8. The van der Waals surface area contributed by atoms with E-state index in [4.69, 9.17) is 0 Å². The van der Waals surface area contributed by atoms with Gasteiger partial charge in [0, 0.05) is 23.4 Å². The molecule has 3 nitrogen and oxygen atoms in total. The predicted octanol–water partition coefficient (Wildman–Crippen LogP) is 4.15. The monoisotopic (exact) mass is 283 g/mol. The summed E-state index contributed by atoms with van der Waals surface area (Å²) in [6.07, 6.45) is 1.97. The Bertz CT molecular complexity index is 608. The van der Waals surface area contributed by atoms with Crippen molar-refractivity contribution in [3.8, 4) is 5.75 Å². The quantitative estimate of drug-likeness (QED) is 0.895. The highest BCUT2D eigenvalue weighted by atomic mass is 16.3. The first kappa shape index (κ1) is 15.1. The van der Waals surface area contributed by atoms with Gasteiger partial charge in [-0.15, -0.1) is 0 Å². The Hall–Kier alpha value is -2.29. The molecule has 0 saturated heterocycles. The van der Waals surface area contributed by atoms with Crippen LogP contribution in [0.1, 0.15) is 35.7 Å². The maximum atomic E-state index is 12.8. The summed E-state index contributed by atoms with van der Waals surface area (Å²) in [5.74, 6) is 0.0902. The molecule has 2 rings (SSSR count). The number of aromatic hydroxyl groups is 1. The summed E-state index contributed by atoms with van der Waals surface area (Å²) in [7, 11) is 0. The molecule has 0 radical (unpaired) electrons. The maximum Gasteiger partial charge on any atom is 0.258 e. The van der Waals surface area contributed by atoms with E-state index in [2.05, 4.69) is 6.92 Å². The molecule has 3 heteroatoms. The molecule has 0 atom stereocenters. The third kappa shape index (κ3) is 3.43. The fourth-order valence-electron chi connectivity index (χ4n) is 2.27. The van der Waals surface area contributed by atoms with Gasteiger partial charge < -0.3 is 10.0 Å². The fourth-order valence-corrected chi connectivity index (χ4v) is 2.27. The molecule has 0 unspecified atom stereocenters. The summed E-state index contributed by atoms with van der Waals surface area (Å²) in [5.41, 5.74) is 2.06. The van der Waals surface area contributed by atoms with Gasteiger partial charge in [0.1, 0.15) is 5.75 Å². The summed E-state index contributed by atoms with van der Waals surface area (Å²) in [6, 6.07) is 14.7. The predicted molar refractivity (Wildman–Crippen MR) is 85.9 cm³/mol. The van der Waals surface area contributed by atoms with Crippen LogP contribution in [0.5, 0.6) is 5.75 Å². The van der Waals surface area contributed by atoms with Gasteiger partial charge in [0.25, 0.3) is 5.91 Å². The second kappa shape index (κ2) is 6.93. The van der Waals surface area contributed by atoms with E-state index >= 15 is 0 Å². The van der Waals surface area contributed by atoms with E-state index in [1.807, 2.05) is 30.3 Å². The van der Waals surface area contributed by atoms with E-state index in [1.54, 1.807) is 30.0 Å². The minimum atomic E-state index is -0.0666. The van der Waals surface area contributed by atoms with Gasteiger partial charge in [-0.25, -0.2) is 0 Å². The van der Waals surface area contributed by atoms with Gasteiger partial charge in [-0.2, -0.15) is 0 Å². The lowest BCUT2D eigenvalue weighted by Gasteiger charge is -2.23. The van der Waals surface area contributed by atoms with Gasteiger partial charge in [0.05, 0.1) is 0 Å². The van der Waals surface area contributed by atoms with Crippen molar-refractivity contribution in [3.63, 3.8) is 0 Å². The first-order valence-corrected chi connectivity index (χ1v) is 7.30. The number of anilines is 1. The van der Waals surface area contributed by atoms with Gasteiger partial charge in [-0.05, 0) is 37.6 Å². The molecule has 0 aliphatic rings. The topological polar surface area (TPSA) is 40.5 Å². The SMILES string of the molecule is CCCCN(C(=O)c1cccc(O)c1C)c1ccccc1. The van der Waals surface area contributed by atoms with Crippen molar-refractivity contribution in [2.24, 2.45) is 0 Å². The van der Waals surface area contributed by atoms with E-state index < -0.39 is 0 Å². The molecule has 0 fully saturated rings. The van der Waals surface area contributed by atoms with Gasteiger partial charge in [0.2, 0.25) is 0 Å². The second-order valence-electron chi connectivity index (χ2n) is 5.10. The lowest BCUT2D eigenvalue weighted by atomic mass is 10.1. The Morgan fingerprint density at radius 2 is 1.81 bits per heavy atom. The number of unbranched alkanes of at least 4 members (excludes halogenated alkanes) is 1. The highest BCUT2D eigenvalue weighted by Crippen LogP contribution is 2.24. The molecule has 0 aliphatic heterocycles. The average molecular weight is 283 g/mol. The van der Waals surface area contributed by atoms with Crippen molar-refractivity contribution in [2.45, 2.75) is 26.7 Å². The molecule has 2 aromatic rings. The number of hydrogen-bond donors (Lipinski definition) is 1. The molecule has 0 heterocycles. The number of phenolic OH excluding ortho intramolecular Hbond substituents is 1. The molecule has 0 spiro atoms. The Kier molecular flexibility index (Phi) is 4.99. The zero-order chi connectivity index (χ0) is 15.2. The number of carbonyl (C=O) groups is 1. The van der Waals surface area contributed by atoms with E-state index in [1.165, 1.54) is 0 Å². The Morgan fingerprint density at radius 1 is 1.10 bits per heavy atom. The number of carbonyl (C=O) groups excluding carboxylic acids is 1. The van der Waals surface area contributed by atoms with Crippen LogP contribution in [-0.2, 0) is 0 Å². The zero-order valence-corrected chi connectivity index (χ0v) is 12.5. The molecule has 1 N–H and O–H groups in total. The fraction of sp³-hybridized carbons (Fsp3) is 0.278. The summed E-state index contributed by atoms with van der Waals surface area (Å²) in [5, 5.41) is 9.81. The smallest absolute Gasteiger partial charge is 0.258 e. The highest BCUT2D eigenvalue weighted by molar-refractivity contribution is 6.07. The molecule has 2 aromatic carbocycles. The van der Waals surface area contributed by atoms with Crippen molar-refractivity contribution in [2.75, 3.05) is 11.4 Å². The molecule has 0 aliphatic carbocycles. The Labute approximate surface area is 125 Å². The van der Waals surface area contributed by atoms with Crippen LogP contribution in [0, 0.1) is 6.92 Å². The average Bonchev–Trinajstić information content (AvgIpc) is 2.51. The van der Waals surface area contributed by atoms with E-state index in [-0.39, 0.29) is 11.7 Å². The molecule has 0 bridgehead atoms. The van der Waals surface area contributed by atoms with Crippen molar-refractivity contribution >= 4 is 11.6 Å². The lowest BCUT2D eigenvalue weighted by molar-refractivity contribution is 0.0985. The largest absolute Gasteiger partial charge is 0.508 e. The molecule has 0 saturated carbocycles. The van der Waals surface area contributed by atoms with Crippen molar-refractivity contribution in [3.05, 3.63) is 59.7 Å². The second-order valence-corrected chi connectivity index (χ2v) is 5.10. The highest BCUT2D eigenvalue weighted by Gasteiger charge is 2.19.